The summed E-state index contributed by atoms with van der Waals surface area (Å²) in [7, 11) is 1.65. The largest absolute Gasteiger partial charge is 0.480 e. The van der Waals surface area contributed by atoms with E-state index in [9.17, 15) is 9.59 Å². The number of nitrogens with zero attached hydrogens (tertiary/aromatic N) is 2. The van der Waals surface area contributed by atoms with Gasteiger partial charge in [-0.25, -0.2) is 4.79 Å². The van der Waals surface area contributed by atoms with E-state index in [1.54, 1.807) is 19.2 Å². The van der Waals surface area contributed by atoms with Gasteiger partial charge in [0.2, 0.25) is 0 Å². The first-order valence-electron chi connectivity index (χ1n) is 10.7. The van der Waals surface area contributed by atoms with Crippen molar-refractivity contribution in [2.45, 2.75) is 65.6 Å². The number of halogens is 1. The number of methoxy groups -OCH3 is 1. The molecule has 1 aromatic carbocycles. The summed E-state index contributed by atoms with van der Waals surface area (Å²) < 4.78 is 12.6. The van der Waals surface area contributed by atoms with Gasteiger partial charge < -0.3 is 24.0 Å². The molecular formula is C23H33ClN2O5. The molecule has 1 amide bonds. The lowest BCUT2D eigenvalue weighted by Gasteiger charge is -2.33. The molecule has 1 heterocycles. The lowest BCUT2D eigenvalue weighted by Crippen LogP contribution is -2.44. The SMILES string of the molecule is CC[C@@H](C)N(C(=O)c1c(Cl)c2cccc(OCC(=O)O)c2n1CCCCOC)C(C)C. The number of para-hydroxylation sites is 1. The Labute approximate surface area is 188 Å². The molecule has 0 saturated heterocycles. The van der Waals surface area contributed by atoms with Crippen LogP contribution in [-0.2, 0) is 16.1 Å². The number of unbranched alkanes of at least 4 members (excludes halogenated alkanes) is 1. The second-order valence-electron chi connectivity index (χ2n) is 7.91. The molecule has 2 rings (SSSR count). The second kappa shape index (κ2) is 11.4. The van der Waals surface area contributed by atoms with Gasteiger partial charge in [0.25, 0.3) is 5.91 Å². The number of aryl methyl sites for hydroxylation is 1. The van der Waals surface area contributed by atoms with E-state index in [2.05, 4.69) is 0 Å². The Balaban J connectivity index is 2.64. The zero-order valence-electron chi connectivity index (χ0n) is 19.0. The van der Waals surface area contributed by atoms with Crippen LogP contribution in [0.15, 0.2) is 18.2 Å². The quantitative estimate of drug-likeness (QED) is 0.466. The van der Waals surface area contributed by atoms with E-state index in [0.29, 0.717) is 40.5 Å². The van der Waals surface area contributed by atoms with Crippen LogP contribution in [0.5, 0.6) is 5.75 Å². The third-order valence-corrected chi connectivity index (χ3v) is 5.76. The van der Waals surface area contributed by atoms with E-state index in [1.165, 1.54) is 0 Å². The topological polar surface area (TPSA) is 81.0 Å². The van der Waals surface area contributed by atoms with Crippen LogP contribution < -0.4 is 4.74 Å². The minimum Gasteiger partial charge on any atom is -0.480 e. The van der Waals surface area contributed by atoms with Crippen LogP contribution in [0, 0.1) is 0 Å². The van der Waals surface area contributed by atoms with Crippen molar-refractivity contribution in [2.75, 3.05) is 20.3 Å². The molecule has 0 aliphatic heterocycles. The molecule has 0 saturated carbocycles. The number of carbonyl (C=O) groups excluding carboxylic acids is 1. The first-order valence-corrected chi connectivity index (χ1v) is 11.1. The molecule has 1 N–H and O–H groups in total. The van der Waals surface area contributed by atoms with Crippen molar-refractivity contribution >= 4 is 34.4 Å². The van der Waals surface area contributed by atoms with Crippen LogP contribution in [0.4, 0.5) is 0 Å². The third-order valence-electron chi connectivity index (χ3n) is 5.37. The normalized spacial score (nSPS) is 12.4. The number of aromatic nitrogens is 1. The zero-order valence-corrected chi connectivity index (χ0v) is 19.7. The molecule has 1 aromatic heterocycles. The van der Waals surface area contributed by atoms with E-state index < -0.39 is 12.6 Å². The maximum absolute atomic E-state index is 13.7. The van der Waals surface area contributed by atoms with E-state index in [-0.39, 0.29) is 18.0 Å². The van der Waals surface area contributed by atoms with Gasteiger partial charge in [-0.15, -0.1) is 0 Å². The number of carbonyl (C=O) groups is 2. The van der Waals surface area contributed by atoms with Crippen molar-refractivity contribution in [3.05, 3.63) is 28.9 Å². The lowest BCUT2D eigenvalue weighted by atomic mass is 10.1. The average molecular weight is 453 g/mol. The number of aliphatic carboxylic acids is 1. The number of rotatable bonds is 12. The fraction of sp³-hybridized carbons (Fsp3) is 0.565. The zero-order chi connectivity index (χ0) is 23.1. The minimum absolute atomic E-state index is 0.00111. The minimum atomic E-state index is -1.07. The van der Waals surface area contributed by atoms with Crippen molar-refractivity contribution in [1.29, 1.82) is 0 Å². The molecule has 0 radical (unpaired) electrons. The maximum atomic E-state index is 13.7. The number of fused-ring (bicyclic) bond motifs is 1. The molecule has 172 valence electrons. The number of carboxylic acids is 1. The predicted octanol–water partition coefficient (Wildman–Crippen LogP) is 4.83. The number of hydrogen-bond donors (Lipinski definition) is 1. The molecule has 0 spiro atoms. The summed E-state index contributed by atoms with van der Waals surface area (Å²) in [5.74, 6) is -0.811. The summed E-state index contributed by atoms with van der Waals surface area (Å²) in [5.41, 5.74) is 1.05. The first-order chi connectivity index (χ1) is 14.7. The summed E-state index contributed by atoms with van der Waals surface area (Å²) in [5, 5.41) is 10.1. The van der Waals surface area contributed by atoms with Crippen LogP contribution in [0.2, 0.25) is 5.02 Å². The highest BCUT2D eigenvalue weighted by Gasteiger charge is 2.30. The van der Waals surface area contributed by atoms with E-state index >= 15 is 0 Å². The molecule has 0 unspecified atom stereocenters. The van der Waals surface area contributed by atoms with Crippen molar-refractivity contribution in [3.63, 3.8) is 0 Å². The molecule has 8 heteroatoms. The Hall–Kier alpha value is -2.25. The monoisotopic (exact) mass is 452 g/mol. The van der Waals surface area contributed by atoms with Gasteiger partial charge in [-0.3, -0.25) is 4.79 Å². The van der Waals surface area contributed by atoms with Crippen LogP contribution >= 0.6 is 11.6 Å². The van der Waals surface area contributed by atoms with Gasteiger partial charge >= 0.3 is 5.97 Å². The molecule has 31 heavy (non-hydrogen) atoms. The van der Waals surface area contributed by atoms with Gasteiger partial charge in [0.05, 0.1) is 10.5 Å². The Morgan fingerprint density at radius 1 is 1.23 bits per heavy atom. The molecule has 0 aliphatic carbocycles. The van der Waals surface area contributed by atoms with Crippen molar-refractivity contribution in [2.24, 2.45) is 0 Å². The molecule has 0 bridgehead atoms. The Bertz CT molecular complexity index is 909. The van der Waals surface area contributed by atoms with Crippen molar-refractivity contribution < 1.29 is 24.2 Å². The molecular weight excluding hydrogens is 420 g/mol. The summed E-state index contributed by atoms with van der Waals surface area (Å²) in [6, 6.07) is 5.34. The van der Waals surface area contributed by atoms with Crippen LogP contribution in [-0.4, -0.2) is 58.9 Å². The summed E-state index contributed by atoms with van der Waals surface area (Å²) in [6.07, 6.45) is 2.41. The molecule has 0 aliphatic rings. The number of hydrogen-bond acceptors (Lipinski definition) is 4. The number of amides is 1. The Morgan fingerprint density at radius 3 is 2.52 bits per heavy atom. The van der Waals surface area contributed by atoms with Crippen LogP contribution in [0.3, 0.4) is 0 Å². The van der Waals surface area contributed by atoms with Crippen LogP contribution in [0.25, 0.3) is 10.9 Å². The molecule has 7 nitrogen and oxygen atoms in total. The van der Waals surface area contributed by atoms with Crippen LogP contribution in [0.1, 0.15) is 57.4 Å². The van der Waals surface area contributed by atoms with Gasteiger partial charge in [-0.05, 0) is 46.1 Å². The highest BCUT2D eigenvalue weighted by Crippen LogP contribution is 2.37. The average Bonchev–Trinajstić information content (AvgIpc) is 3.01. The maximum Gasteiger partial charge on any atom is 0.341 e. The fourth-order valence-electron chi connectivity index (χ4n) is 3.80. The van der Waals surface area contributed by atoms with Gasteiger partial charge in [-0.2, -0.15) is 0 Å². The van der Waals surface area contributed by atoms with E-state index in [0.717, 1.165) is 19.3 Å². The van der Waals surface area contributed by atoms with E-state index in [4.69, 9.17) is 26.2 Å². The number of benzene rings is 1. The predicted molar refractivity (Wildman–Crippen MR) is 122 cm³/mol. The van der Waals surface area contributed by atoms with Gasteiger partial charge in [0.15, 0.2) is 6.61 Å². The van der Waals surface area contributed by atoms with Gasteiger partial charge in [-0.1, -0.05) is 30.7 Å². The summed E-state index contributed by atoms with van der Waals surface area (Å²) in [6.45, 7) is 8.73. The standard InChI is InChI=1S/C23H33ClN2O5/c1-6-16(4)26(15(2)3)23(29)22-20(24)17-10-9-11-18(31-14-19(27)28)21(17)25(22)12-7-8-13-30-5/h9-11,15-16H,6-8,12-14H2,1-5H3,(H,27,28)/t16-/m1/s1. The number of ether oxygens (including phenoxy) is 2. The Morgan fingerprint density at radius 2 is 1.94 bits per heavy atom. The molecule has 0 fully saturated rings. The molecule has 1 atom stereocenters. The third kappa shape index (κ3) is 5.71. The molecule has 2 aromatic rings. The van der Waals surface area contributed by atoms with Crippen molar-refractivity contribution in [1.82, 2.24) is 9.47 Å². The highest BCUT2D eigenvalue weighted by molar-refractivity contribution is 6.39. The lowest BCUT2D eigenvalue weighted by molar-refractivity contribution is -0.139. The highest BCUT2D eigenvalue weighted by atomic mass is 35.5. The second-order valence-corrected chi connectivity index (χ2v) is 8.29. The summed E-state index contributed by atoms with van der Waals surface area (Å²) in [4.78, 5) is 26.6. The van der Waals surface area contributed by atoms with Gasteiger partial charge in [0, 0.05) is 37.7 Å². The first kappa shape index (κ1) is 25.0. The Kier molecular flexibility index (Phi) is 9.19. The van der Waals surface area contributed by atoms with E-state index in [1.807, 2.05) is 43.2 Å². The van der Waals surface area contributed by atoms with Gasteiger partial charge in [0.1, 0.15) is 11.4 Å². The fourth-order valence-corrected chi connectivity index (χ4v) is 4.14. The van der Waals surface area contributed by atoms with Crippen molar-refractivity contribution in [3.8, 4) is 5.75 Å². The number of carboxylic acid groups (broad SMARTS) is 1. The summed E-state index contributed by atoms with van der Waals surface area (Å²) >= 11 is 6.76. The smallest absolute Gasteiger partial charge is 0.341 e.